The van der Waals surface area contributed by atoms with Crippen LogP contribution < -0.4 is 5.14 Å². The average Bonchev–Trinajstić information content (AvgIpc) is 2.15. The fourth-order valence-electron chi connectivity index (χ4n) is 0.948. The molecule has 1 rings (SSSR count). The number of carbonyl (C=O) groups is 1. The third-order valence-corrected chi connectivity index (χ3v) is 2.90. The van der Waals surface area contributed by atoms with Gasteiger partial charge in [0.15, 0.2) is 0 Å². The molecule has 15 heavy (non-hydrogen) atoms. The number of methoxy groups -OCH3 is 1. The molecule has 2 N–H and O–H groups in total. The predicted molar refractivity (Wildman–Crippen MR) is 54.2 cm³/mol. The van der Waals surface area contributed by atoms with E-state index in [2.05, 4.69) is 4.74 Å². The fourth-order valence-corrected chi connectivity index (χ4v) is 1.81. The second kappa shape index (κ2) is 4.18. The Bertz CT molecular complexity index is 497. The molecular formula is C8H8ClNO4S. The van der Waals surface area contributed by atoms with Gasteiger partial charge in [-0.2, -0.15) is 0 Å². The number of nitrogens with two attached hydrogens (primary N) is 1. The minimum absolute atomic E-state index is 0.0200. The Morgan fingerprint density at radius 1 is 1.47 bits per heavy atom. The van der Waals surface area contributed by atoms with Gasteiger partial charge in [0.25, 0.3) is 0 Å². The van der Waals surface area contributed by atoms with Crippen molar-refractivity contribution in [2.75, 3.05) is 7.11 Å². The minimum Gasteiger partial charge on any atom is -0.465 e. The average molecular weight is 250 g/mol. The highest BCUT2D eigenvalue weighted by Gasteiger charge is 2.14. The second-order valence-corrected chi connectivity index (χ2v) is 4.65. The van der Waals surface area contributed by atoms with Crippen molar-refractivity contribution in [1.29, 1.82) is 0 Å². The van der Waals surface area contributed by atoms with Crippen LogP contribution in [0.3, 0.4) is 0 Å². The van der Waals surface area contributed by atoms with Crippen LogP contribution in [0.4, 0.5) is 0 Å². The molecule has 0 heterocycles. The lowest BCUT2D eigenvalue weighted by atomic mass is 10.2. The third-order valence-electron chi connectivity index (χ3n) is 1.67. The molecule has 0 amide bonds. The normalized spacial score (nSPS) is 11.1. The summed E-state index contributed by atoms with van der Waals surface area (Å²) in [4.78, 5) is 11.0. The zero-order valence-electron chi connectivity index (χ0n) is 7.73. The number of sulfonamides is 1. The fraction of sp³-hybridized carbons (Fsp3) is 0.125. The van der Waals surface area contributed by atoms with Gasteiger partial charge in [-0.1, -0.05) is 11.6 Å². The Kier molecular flexibility index (Phi) is 3.33. The van der Waals surface area contributed by atoms with Crippen molar-refractivity contribution in [3.63, 3.8) is 0 Å². The highest BCUT2D eigenvalue weighted by molar-refractivity contribution is 7.89. The van der Waals surface area contributed by atoms with Crippen LogP contribution in [0.2, 0.25) is 5.02 Å². The molecule has 0 saturated heterocycles. The van der Waals surface area contributed by atoms with Gasteiger partial charge in [0.2, 0.25) is 10.0 Å². The SMILES string of the molecule is COC(=O)c1ccc(S(N)(=O)=O)cc1Cl. The maximum absolute atomic E-state index is 11.1. The molecule has 0 fully saturated rings. The van der Waals surface area contributed by atoms with Crippen LogP contribution >= 0.6 is 11.6 Å². The van der Waals surface area contributed by atoms with Crippen molar-refractivity contribution in [2.24, 2.45) is 5.14 Å². The largest absolute Gasteiger partial charge is 0.465 e. The molecule has 0 atom stereocenters. The molecule has 7 heteroatoms. The topological polar surface area (TPSA) is 86.5 Å². The van der Waals surface area contributed by atoms with Gasteiger partial charge in [0.1, 0.15) is 0 Å². The third kappa shape index (κ3) is 2.68. The van der Waals surface area contributed by atoms with Crippen molar-refractivity contribution < 1.29 is 17.9 Å². The van der Waals surface area contributed by atoms with Gasteiger partial charge in [-0.15, -0.1) is 0 Å². The lowest BCUT2D eigenvalue weighted by Crippen LogP contribution is -2.12. The van der Waals surface area contributed by atoms with E-state index >= 15 is 0 Å². The molecule has 0 spiro atoms. The molecule has 0 saturated carbocycles. The molecule has 0 aliphatic heterocycles. The van der Waals surface area contributed by atoms with Crippen LogP contribution in [0.15, 0.2) is 23.1 Å². The Morgan fingerprint density at radius 3 is 2.47 bits per heavy atom. The molecule has 5 nitrogen and oxygen atoms in total. The van der Waals surface area contributed by atoms with Gasteiger partial charge in [0, 0.05) is 0 Å². The van der Waals surface area contributed by atoms with Crippen molar-refractivity contribution in [2.45, 2.75) is 4.90 Å². The minimum atomic E-state index is -3.81. The van der Waals surface area contributed by atoms with Gasteiger partial charge >= 0.3 is 5.97 Å². The van der Waals surface area contributed by atoms with E-state index in [1.165, 1.54) is 19.2 Å². The number of esters is 1. The summed E-state index contributed by atoms with van der Waals surface area (Å²) in [6.07, 6.45) is 0. The Labute approximate surface area is 91.8 Å². The van der Waals surface area contributed by atoms with E-state index in [9.17, 15) is 13.2 Å². The van der Waals surface area contributed by atoms with Crippen LogP contribution in [-0.4, -0.2) is 21.5 Å². The summed E-state index contributed by atoms with van der Waals surface area (Å²) < 4.78 is 26.3. The number of halogens is 1. The maximum atomic E-state index is 11.1. The van der Waals surface area contributed by atoms with E-state index in [0.717, 1.165) is 6.07 Å². The van der Waals surface area contributed by atoms with E-state index in [1.807, 2.05) is 0 Å². The van der Waals surface area contributed by atoms with E-state index in [4.69, 9.17) is 16.7 Å². The van der Waals surface area contributed by atoms with Gasteiger partial charge in [-0.25, -0.2) is 18.4 Å². The first-order valence-electron chi connectivity index (χ1n) is 3.77. The number of benzene rings is 1. The Hall–Kier alpha value is -1.11. The van der Waals surface area contributed by atoms with Crippen molar-refractivity contribution >= 4 is 27.6 Å². The number of rotatable bonds is 2. The summed E-state index contributed by atoms with van der Waals surface area (Å²) in [5.41, 5.74) is 0.0894. The van der Waals surface area contributed by atoms with Crippen molar-refractivity contribution in [1.82, 2.24) is 0 Å². The first-order valence-corrected chi connectivity index (χ1v) is 5.69. The molecule has 82 valence electrons. The Morgan fingerprint density at radius 2 is 2.07 bits per heavy atom. The first kappa shape index (κ1) is 12.0. The lowest BCUT2D eigenvalue weighted by molar-refractivity contribution is 0.0601. The highest BCUT2D eigenvalue weighted by Crippen LogP contribution is 2.20. The number of primary sulfonamides is 1. The first-order chi connectivity index (χ1) is 6.86. The molecule has 1 aromatic rings. The molecule has 0 aliphatic carbocycles. The number of carbonyl (C=O) groups excluding carboxylic acids is 1. The number of hydrogen-bond donors (Lipinski definition) is 1. The highest BCUT2D eigenvalue weighted by atomic mass is 35.5. The molecule has 0 aliphatic rings. The maximum Gasteiger partial charge on any atom is 0.339 e. The monoisotopic (exact) mass is 249 g/mol. The van der Waals surface area contributed by atoms with Crippen molar-refractivity contribution in [3.05, 3.63) is 28.8 Å². The smallest absolute Gasteiger partial charge is 0.339 e. The lowest BCUT2D eigenvalue weighted by Gasteiger charge is -2.03. The number of ether oxygens (including phenoxy) is 1. The van der Waals surface area contributed by atoms with E-state index in [-0.39, 0.29) is 15.5 Å². The zero-order valence-corrected chi connectivity index (χ0v) is 9.30. The molecule has 1 aromatic carbocycles. The van der Waals surface area contributed by atoms with Gasteiger partial charge in [0.05, 0.1) is 22.6 Å². The summed E-state index contributed by atoms with van der Waals surface area (Å²) >= 11 is 5.69. The van der Waals surface area contributed by atoms with E-state index in [1.54, 1.807) is 0 Å². The van der Waals surface area contributed by atoms with Crippen LogP contribution in [-0.2, 0) is 14.8 Å². The standard InChI is InChI=1S/C8H8ClNO4S/c1-14-8(11)6-3-2-5(4-7(6)9)15(10,12)13/h2-4H,1H3,(H2,10,12,13). The van der Waals surface area contributed by atoms with Crippen LogP contribution in [0.5, 0.6) is 0 Å². The van der Waals surface area contributed by atoms with Crippen LogP contribution in [0.25, 0.3) is 0 Å². The van der Waals surface area contributed by atoms with Gasteiger partial charge in [-0.05, 0) is 18.2 Å². The Balaban J connectivity index is 3.27. The predicted octanol–water partition coefficient (Wildman–Crippen LogP) is 0.774. The molecule has 0 bridgehead atoms. The molecule has 0 aromatic heterocycles. The molecule has 0 unspecified atom stereocenters. The van der Waals surface area contributed by atoms with E-state index in [0.29, 0.717) is 0 Å². The summed E-state index contributed by atoms with van der Waals surface area (Å²) in [6, 6.07) is 3.53. The summed E-state index contributed by atoms with van der Waals surface area (Å²) in [5.74, 6) is -0.638. The summed E-state index contributed by atoms with van der Waals surface area (Å²) in [6.45, 7) is 0. The van der Waals surface area contributed by atoms with Crippen molar-refractivity contribution in [3.8, 4) is 0 Å². The van der Waals surface area contributed by atoms with Gasteiger partial charge in [-0.3, -0.25) is 0 Å². The summed E-state index contributed by atoms with van der Waals surface area (Å²) in [5, 5.41) is 4.86. The number of hydrogen-bond acceptors (Lipinski definition) is 4. The van der Waals surface area contributed by atoms with E-state index < -0.39 is 16.0 Å². The van der Waals surface area contributed by atoms with Crippen LogP contribution in [0, 0.1) is 0 Å². The molecule has 0 radical (unpaired) electrons. The van der Waals surface area contributed by atoms with Gasteiger partial charge < -0.3 is 4.74 Å². The summed E-state index contributed by atoms with van der Waals surface area (Å²) in [7, 11) is -2.61. The zero-order chi connectivity index (χ0) is 11.6. The quantitative estimate of drug-likeness (QED) is 0.785. The second-order valence-electron chi connectivity index (χ2n) is 2.68. The van der Waals surface area contributed by atoms with Crippen LogP contribution in [0.1, 0.15) is 10.4 Å². The molecular weight excluding hydrogens is 242 g/mol.